The average molecular weight is 573 g/mol. The number of hydrogen-bond acceptors (Lipinski definition) is 6. The second kappa shape index (κ2) is 9.33. The summed E-state index contributed by atoms with van der Waals surface area (Å²) < 4.78 is 59.0. The second-order valence-electron chi connectivity index (χ2n) is 10.9. The van der Waals surface area contributed by atoms with Crippen LogP contribution < -0.4 is 0 Å². The predicted octanol–water partition coefficient (Wildman–Crippen LogP) is 6.03. The molecule has 0 N–H and O–H groups in total. The van der Waals surface area contributed by atoms with Crippen molar-refractivity contribution in [1.29, 1.82) is 0 Å². The lowest BCUT2D eigenvalue weighted by Gasteiger charge is -2.41. The number of benzene rings is 3. The third-order valence-corrected chi connectivity index (χ3v) is 14.9. The fraction of sp³-hybridized carbons (Fsp3) is 0.345. The van der Waals surface area contributed by atoms with Crippen LogP contribution in [0.5, 0.6) is 0 Å². The molecule has 5 rings (SSSR count). The SMILES string of the molecule is CC1(C)C2CCC1(CS(=O)(=O)OS(c1ccccc1)(c1ccccc1)c1ccc(S(C)(=O)=O)cc1)C(=O)C2. The fourth-order valence-electron chi connectivity index (χ4n) is 6.22. The van der Waals surface area contributed by atoms with Crippen molar-refractivity contribution >= 4 is 36.0 Å². The summed E-state index contributed by atoms with van der Waals surface area (Å²) in [7, 11) is -10.6. The number of rotatable bonds is 8. The monoisotopic (exact) mass is 572 g/mol. The molecule has 0 saturated heterocycles. The molecule has 0 amide bonds. The minimum atomic E-state index is -4.26. The summed E-state index contributed by atoms with van der Waals surface area (Å²) in [6.07, 6.45) is 2.90. The van der Waals surface area contributed by atoms with Crippen molar-refractivity contribution < 1.29 is 25.3 Å². The van der Waals surface area contributed by atoms with Crippen molar-refractivity contribution in [3.05, 3.63) is 84.9 Å². The summed E-state index contributed by atoms with van der Waals surface area (Å²) in [4.78, 5) is 15.2. The van der Waals surface area contributed by atoms with Crippen molar-refractivity contribution in [3.8, 4) is 0 Å². The van der Waals surface area contributed by atoms with E-state index in [0.29, 0.717) is 27.5 Å². The fourth-order valence-corrected chi connectivity index (χ4v) is 12.9. The van der Waals surface area contributed by atoms with Crippen LogP contribution in [0.3, 0.4) is 0 Å². The molecule has 0 heterocycles. The van der Waals surface area contributed by atoms with E-state index in [1.807, 2.05) is 74.5 Å². The number of ketones is 1. The highest BCUT2D eigenvalue weighted by Crippen LogP contribution is 2.71. The molecule has 6 nitrogen and oxygen atoms in total. The van der Waals surface area contributed by atoms with E-state index in [0.717, 1.165) is 12.7 Å². The van der Waals surface area contributed by atoms with Crippen LogP contribution in [-0.4, -0.2) is 34.6 Å². The number of carbonyl (C=O) groups is 1. The van der Waals surface area contributed by atoms with E-state index in [2.05, 4.69) is 0 Å². The number of carbonyl (C=O) groups excluding carboxylic acids is 1. The standard InChI is InChI=1S/C29H32O6S3/c1-28(2)22-18-19-29(28,27(30)20-22)21-37(33,34)35-38(24-10-6-4-7-11-24,25-12-8-5-9-13-25)26-16-14-23(15-17-26)36(3,31)32/h4-17,22H,18-21H2,1-3H3. The van der Waals surface area contributed by atoms with Crippen LogP contribution in [0.4, 0.5) is 0 Å². The van der Waals surface area contributed by atoms with Gasteiger partial charge in [-0.3, -0.25) is 4.79 Å². The van der Waals surface area contributed by atoms with Gasteiger partial charge in [-0.1, -0.05) is 50.2 Å². The van der Waals surface area contributed by atoms with Crippen LogP contribution >= 0.6 is 10.3 Å². The Balaban J connectivity index is 1.69. The van der Waals surface area contributed by atoms with Crippen LogP contribution in [0.1, 0.15) is 33.1 Å². The molecule has 3 aromatic rings. The van der Waals surface area contributed by atoms with Gasteiger partial charge in [0.15, 0.2) is 9.84 Å². The van der Waals surface area contributed by atoms with Crippen molar-refractivity contribution in [2.75, 3.05) is 12.0 Å². The van der Waals surface area contributed by atoms with Gasteiger partial charge in [-0.05, 0) is 83.0 Å². The summed E-state index contributed by atoms with van der Waals surface area (Å²) >= 11 is 0. The van der Waals surface area contributed by atoms with E-state index in [-0.39, 0.29) is 22.3 Å². The largest absolute Gasteiger partial charge is 0.299 e. The molecular weight excluding hydrogens is 541 g/mol. The molecule has 2 fully saturated rings. The topological polar surface area (TPSA) is 94.6 Å². The summed E-state index contributed by atoms with van der Waals surface area (Å²) in [6, 6.07) is 24.5. The van der Waals surface area contributed by atoms with Crippen LogP contribution in [-0.2, 0) is 28.4 Å². The van der Waals surface area contributed by atoms with Gasteiger partial charge in [-0.2, -0.15) is 8.42 Å². The smallest absolute Gasteiger partial charge is 0.278 e. The van der Waals surface area contributed by atoms with Gasteiger partial charge >= 0.3 is 0 Å². The van der Waals surface area contributed by atoms with Gasteiger partial charge in [0.05, 0.1) is 16.1 Å². The summed E-state index contributed by atoms with van der Waals surface area (Å²) in [6.45, 7) is 4.01. The Bertz CT molecular complexity index is 1520. The highest BCUT2D eigenvalue weighted by atomic mass is 32.3. The molecule has 0 aliphatic heterocycles. The van der Waals surface area contributed by atoms with E-state index >= 15 is 0 Å². The first-order chi connectivity index (χ1) is 17.8. The Morgan fingerprint density at radius 3 is 1.66 bits per heavy atom. The van der Waals surface area contributed by atoms with Crippen LogP contribution in [0, 0.1) is 16.7 Å². The van der Waals surface area contributed by atoms with Gasteiger partial charge in [0.1, 0.15) is 5.78 Å². The molecule has 0 spiro atoms. The normalized spacial score (nSPS) is 23.4. The van der Waals surface area contributed by atoms with Crippen molar-refractivity contribution in [3.63, 3.8) is 0 Å². The lowest BCUT2D eigenvalue weighted by molar-refractivity contribution is -0.128. The molecule has 2 aliphatic carbocycles. The molecular formula is C29H32O6S3. The third kappa shape index (κ3) is 4.33. The predicted molar refractivity (Wildman–Crippen MR) is 148 cm³/mol. The van der Waals surface area contributed by atoms with E-state index < -0.39 is 41.1 Å². The minimum Gasteiger partial charge on any atom is -0.299 e. The van der Waals surface area contributed by atoms with Crippen LogP contribution in [0.2, 0.25) is 0 Å². The molecule has 38 heavy (non-hydrogen) atoms. The Labute approximate surface area is 227 Å². The van der Waals surface area contributed by atoms with Gasteiger partial charge in [0, 0.05) is 27.4 Å². The molecule has 9 heteroatoms. The Kier molecular flexibility index (Phi) is 6.66. The Hall–Kier alpha value is -2.46. The first kappa shape index (κ1) is 27.1. The Morgan fingerprint density at radius 2 is 1.24 bits per heavy atom. The summed E-state index contributed by atoms with van der Waals surface area (Å²) in [5.74, 6) is -0.199. The van der Waals surface area contributed by atoms with Gasteiger partial charge in [-0.15, -0.1) is 0 Å². The first-order valence-corrected chi connectivity index (χ1v) is 17.6. The third-order valence-electron chi connectivity index (χ3n) is 8.50. The molecule has 2 aliphatic rings. The first-order valence-electron chi connectivity index (χ1n) is 12.5. The van der Waals surface area contributed by atoms with Crippen LogP contribution in [0.25, 0.3) is 0 Å². The lowest BCUT2D eigenvalue weighted by Crippen LogP contribution is -2.42. The molecule has 0 aromatic heterocycles. The zero-order chi connectivity index (χ0) is 27.4. The second-order valence-corrected chi connectivity index (χ2v) is 17.4. The van der Waals surface area contributed by atoms with Gasteiger partial charge in [0.2, 0.25) is 0 Å². The molecule has 2 unspecified atom stereocenters. The number of sulfone groups is 1. The van der Waals surface area contributed by atoms with E-state index in [4.69, 9.17) is 3.63 Å². The molecule has 3 aromatic carbocycles. The van der Waals surface area contributed by atoms with Crippen LogP contribution in [0.15, 0.2) is 105 Å². The number of Topliss-reactive ketones (excluding diaryl/α,β-unsaturated/α-hetero) is 1. The molecule has 2 bridgehead atoms. The van der Waals surface area contributed by atoms with Gasteiger partial charge in [0.25, 0.3) is 10.1 Å². The zero-order valence-electron chi connectivity index (χ0n) is 21.7. The molecule has 0 radical (unpaired) electrons. The summed E-state index contributed by atoms with van der Waals surface area (Å²) in [5, 5.41) is 0. The molecule has 202 valence electrons. The zero-order valence-corrected chi connectivity index (χ0v) is 24.1. The number of fused-ring (bicyclic) bond motifs is 2. The maximum Gasteiger partial charge on any atom is 0.278 e. The minimum absolute atomic E-state index is 0.00320. The van der Waals surface area contributed by atoms with E-state index in [9.17, 15) is 21.6 Å². The highest BCUT2D eigenvalue weighted by molar-refractivity contribution is 8.33. The van der Waals surface area contributed by atoms with Crippen molar-refractivity contribution in [2.45, 2.75) is 52.7 Å². The van der Waals surface area contributed by atoms with Crippen molar-refractivity contribution in [2.24, 2.45) is 16.7 Å². The lowest BCUT2D eigenvalue weighted by atomic mass is 9.70. The van der Waals surface area contributed by atoms with Gasteiger partial charge in [-0.25, -0.2) is 12.0 Å². The van der Waals surface area contributed by atoms with Crippen molar-refractivity contribution in [1.82, 2.24) is 0 Å². The number of hydrogen-bond donors (Lipinski definition) is 0. The van der Waals surface area contributed by atoms with Gasteiger partial charge < -0.3 is 0 Å². The maximum absolute atomic E-state index is 14.1. The highest BCUT2D eigenvalue weighted by Gasteiger charge is 2.65. The summed E-state index contributed by atoms with van der Waals surface area (Å²) in [5.41, 5.74) is -1.41. The average Bonchev–Trinajstić information content (AvgIpc) is 3.22. The Morgan fingerprint density at radius 1 is 0.763 bits per heavy atom. The quantitative estimate of drug-likeness (QED) is 0.327. The molecule has 2 atom stereocenters. The van der Waals surface area contributed by atoms with E-state index in [1.54, 1.807) is 12.1 Å². The maximum atomic E-state index is 14.1. The van der Waals surface area contributed by atoms with E-state index in [1.165, 1.54) is 12.1 Å². The molecule has 2 saturated carbocycles.